The maximum absolute atomic E-state index is 12.3. The van der Waals surface area contributed by atoms with E-state index in [4.69, 9.17) is 0 Å². The maximum atomic E-state index is 12.3. The molecule has 96 valence electrons. The van der Waals surface area contributed by atoms with E-state index in [1.54, 1.807) is 0 Å². The van der Waals surface area contributed by atoms with E-state index in [2.05, 4.69) is 45.1 Å². The Labute approximate surface area is 120 Å². The van der Waals surface area contributed by atoms with Crippen molar-refractivity contribution in [2.75, 3.05) is 24.6 Å². The van der Waals surface area contributed by atoms with Crippen molar-refractivity contribution >= 4 is 33.6 Å². The number of amides is 1. The van der Waals surface area contributed by atoms with Crippen LogP contribution in [0.1, 0.15) is 17.9 Å². The van der Waals surface area contributed by atoms with Crippen LogP contribution in [0.15, 0.2) is 28.7 Å². The number of carbonyl (C=O) groups is 1. The van der Waals surface area contributed by atoms with Crippen molar-refractivity contribution in [3.8, 4) is 0 Å². The number of benzene rings is 1. The smallest absolute Gasteiger partial charge is 0.226 e. The van der Waals surface area contributed by atoms with E-state index in [1.807, 2.05) is 11.8 Å². The first-order chi connectivity index (χ1) is 8.75. The summed E-state index contributed by atoms with van der Waals surface area (Å²) in [4.78, 5) is 14.4. The number of hydrogen-bond donors (Lipinski definition) is 0. The normalized spacial score (nSPS) is 27.1. The molecule has 0 aromatic heterocycles. The van der Waals surface area contributed by atoms with Crippen LogP contribution in [0.4, 0.5) is 0 Å². The Balaban J connectivity index is 1.63. The molecule has 1 saturated heterocycles. The predicted molar refractivity (Wildman–Crippen MR) is 78.9 cm³/mol. The molecule has 1 amide bonds. The minimum Gasteiger partial charge on any atom is -0.341 e. The number of halogens is 1. The highest BCUT2D eigenvalue weighted by molar-refractivity contribution is 9.10. The Kier molecular flexibility index (Phi) is 3.66. The second-order valence-electron chi connectivity index (χ2n) is 4.94. The van der Waals surface area contributed by atoms with Gasteiger partial charge < -0.3 is 4.90 Å². The van der Waals surface area contributed by atoms with Crippen molar-refractivity contribution in [1.29, 1.82) is 0 Å². The average Bonchev–Trinajstić information content (AvgIpc) is 3.20. The summed E-state index contributed by atoms with van der Waals surface area (Å²) >= 11 is 5.39. The van der Waals surface area contributed by atoms with Crippen molar-refractivity contribution in [3.05, 3.63) is 34.3 Å². The summed E-state index contributed by atoms with van der Waals surface area (Å²) in [7, 11) is 0. The molecular weight excluding hydrogens is 310 g/mol. The molecule has 3 rings (SSSR count). The van der Waals surface area contributed by atoms with E-state index in [1.165, 1.54) is 5.56 Å². The first-order valence-electron chi connectivity index (χ1n) is 6.38. The molecule has 2 aliphatic rings. The van der Waals surface area contributed by atoms with Crippen LogP contribution < -0.4 is 0 Å². The van der Waals surface area contributed by atoms with Crippen molar-refractivity contribution < 1.29 is 4.79 Å². The first-order valence-corrected chi connectivity index (χ1v) is 8.32. The van der Waals surface area contributed by atoms with Gasteiger partial charge in [-0.1, -0.05) is 28.1 Å². The zero-order chi connectivity index (χ0) is 12.5. The number of nitrogens with zero attached hydrogens (tertiary/aromatic N) is 1. The molecule has 4 heteroatoms. The Morgan fingerprint density at radius 3 is 2.56 bits per heavy atom. The van der Waals surface area contributed by atoms with Gasteiger partial charge >= 0.3 is 0 Å². The number of rotatable bonds is 2. The Hall–Kier alpha value is -0.480. The SMILES string of the molecule is O=C([C@@H]1C[C@@H]1c1ccc(Br)cc1)N1CCSCC1. The van der Waals surface area contributed by atoms with Gasteiger partial charge in [0.1, 0.15) is 0 Å². The molecule has 0 unspecified atom stereocenters. The quantitative estimate of drug-likeness (QED) is 0.832. The molecule has 2 atom stereocenters. The fourth-order valence-electron chi connectivity index (χ4n) is 2.56. The van der Waals surface area contributed by atoms with Crippen LogP contribution in [0.3, 0.4) is 0 Å². The van der Waals surface area contributed by atoms with Crippen LogP contribution in [0.5, 0.6) is 0 Å². The number of thioether (sulfide) groups is 1. The van der Waals surface area contributed by atoms with E-state index < -0.39 is 0 Å². The van der Waals surface area contributed by atoms with Crippen molar-refractivity contribution in [1.82, 2.24) is 4.90 Å². The molecule has 0 N–H and O–H groups in total. The summed E-state index contributed by atoms with van der Waals surface area (Å²) in [6, 6.07) is 8.39. The zero-order valence-corrected chi connectivity index (χ0v) is 12.5. The Morgan fingerprint density at radius 2 is 1.89 bits per heavy atom. The van der Waals surface area contributed by atoms with Crippen LogP contribution >= 0.6 is 27.7 Å². The largest absolute Gasteiger partial charge is 0.341 e. The highest BCUT2D eigenvalue weighted by Gasteiger charge is 2.45. The molecule has 0 bridgehead atoms. The van der Waals surface area contributed by atoms with Gasteiger partial charge in [0.25, 0.3) is 0 Å². The average molecular weight is 326 g/mol. The molecule has 0 radical (unpaired) electrons. The molecular formula is C14H16BrNOS. The second kappa shape index (κ2) is 5.25. The lowest BCUT2D eigenvalue weighted by Gasteiger charge is -2.26. The van der Waals surface area contributed by atoms with Crippen LogP contribution in [0.25, 0.3) is 0 Å². The second-order valence-corrected chi connectivity index (χ2v) is 7.08. The molecule has 1 aliphatic heterocycles. The van der Waals surface area contributed by atoms with Gasteiger partial charge in [-0.15, -0.1) is 0 Å². The molecule has 1 heterocycles. The monoisotopic (exact) mass is 325 g/mol. The lowest BCUT2D eigenvalue weighted by Crippen LogP contribution is -2.39. The van der Waals surface area contributed by atoms with Crippen molar-refractivity contribution in [2.45, 2.75) is 12.3 Å². The van der Waals surface area contributed by atoms with Crippen molar-refractivity contribution in [2.24, 2.45) is 5.92 Å². The summed E-state index contributed by atoms with van der Waals surface area (Å²) in [5.74, 6) is 3.28. The molecule has 1 aliphatic carbocycles. The van der Waals surface area contributed by atoms with Gasteiger partial charge in [-0.2, -0.15) is 11.8 Å². The third-order valence-corrected chi connectivity index (χ3v) is 5.20. The molecule has 2 fully saturated rings. The third-order valence-electron chi connectivity index (χ3n) is 3.73. The minimum atomic E-state index is 0.245. The highest BCUT2D eigenvalue weighted by atomic mass is 79.9. The minimum absolute atomic E-state index is 0.245. The van der Waals surface area contributed by atoms with E-state index in [9.17, 15) is 4.79 Å². The van der Waals surface area contributed by atoms with Crippen molar-refractivity contribution in [3.63, 3.8) is 0 Å². The summed E-state index contributed by atoms with van der Waals surface area (Å²) < 4.78 is 1.10. The summed E-state index contributed by atoms with van der Waals surface area (Å²) in [5, 5.41) is 0. The van der Waals surface area contributed by atoms with E-state index in [-0.39, 0.29) is 5.92 Å². The zero-order valence-electron chi connectivity index (χ0n) is 10.1. The van der Waals surface area contributed by atoms with Gasteiger partial charge in [-0.3, -0.25) is 4.79 Å². The highest BCUT2D eigenvalue weighted by Crippen LogP contribution is 2.48. The molecule has 1 aromatic carbocycles. The summed E-state index contributed by atoms with van der Waals surface area (Å²) in [5.41, 5.74) is 1.31. The standard InChI is InChI=1S/C14H16BrNOS/c15-11-3-1-10(2-4-11)12-9-13(12)14(17)16-5-7-18-8-6-16/h1-4,12-13H,5-9H2/t12-,13-/m1/s1. The molecule has 1 aromatic rings. The fraction of sp³-hybridized carbons (Fsp3) is 0.500. The fourth-order valence-corrected chi connectivity index (χ4v) is 3.73. The summed E-state index contributed by atoms with van der Waals surface area (Å²) in [6.07, 6.45) is 1.03. The summed E-state index contributed by atoms with van der Waals surface area (Å²) in [6.45, 7) is 1.88. The number of hydrogen-bond acceptors (Lipinski definition) is 2. The maximum Gasteiger partial charge on any atom is 0.226 e. The Morgan fingerprint density at radius 1 is 1.22 bits per heavy atom. The molecule has 18 heavy (non-hydrogen) atoms. The van der Waals surface area contributed by atoms with Gasteiger partial charge in [-0.25, -0.2) is 0 Å². The first kappa shape index (κ1) is 12.5. The van der Waals surface area contributed by atoms with Crippen LogP contribution in [-0.2, 0) is 4.79 Å². The number of carbonyl (C=O) groups excluding carboxylic acids is 1. The van der Waals surface area contributed by atoms with Gasteiger partial charge in [-0.05, 0) is 30.0 Å². The van der Waals surface area contributed by atoms with Crippen LogP contribution in [0, 0.1) is 5.92 Å². The van der Waals surface area contributed by atoms with E-state index in [0.29, 0.717) is 11.8 Å². The topological polar surface area (TPSA) is 20.3 Å². The van der Waals surface area contributed by atoms with Gasteiger partial charge in [0.2, 0.25) is 5.91 Å². The van der Waals surface area contributed by atoms with E-state index in [0.717, 1.165) is 35.5 Å². The van der Waals surface area contributed by atoms with Gasteiger partial charge in [0.05, 0.1) is 0 Å². The lowest BCUT2D eigenvalue weighted by atomic mass is 10.1. The third kappa shape index (κ3) is 2.59. The van der Waals surface area contributed by atoms with Crippen LogP contribution in [-0.4, -0.2) is 35.4 Å². The molecule has 2 nitrogen and oxygen atoms in total. The molecule has 1 saturated carbocycles. The Bertz CT molecular complexity index is 442. The van der Waals surface area contributed by atoms with Gasteiger partial charge in [0.15, 0.2) is 0 Å². The van der Waals surface area contributed by atoms with Crippen LogP contribution in [0.2, 0.25) is 0 Å². The predicted octanol–water partition coefficient (Wildman–Crippen LogP) is 3.13. The van der Waals surface area contributed by atoms with Gasteiger partial charge in [0, 0.05) is 35.0 Å². The van der Waals surface area contributed by atoms with E-state index >= 15 is 0 Å². The molecule has 0 spiro atoms. The lowest BCUT2D eigenvalue weighted by molar-refractivity contribution is -0.132.